The van der Waals surface area contributed by atoms with E-state index in [0.29, 0.717) is 6.79 Å². The van der Waals surface area contributed by atoms with Crippen LogP contribution in [0.3, 0.4) is 0 Å². The van der Waals surface area contributed by atoms with Crippen molar-refractivity contribution in [2.45, 2.75) is 13.5 Å². The van der Waals surface area contributed by atoms with Gasteiger partial charge in [-0.2, -0.15) is 0 Å². The molecule has 2 aliphatic heterocycles. The van der Waals surface area contributed by atoms with Crippen molar-refractivity contribution in [2.75, 3.05) is 26.4 Å². The molecule has 4 heteroatoms. The first-order valence-corrected chi connectivity index (χ1v) is 6.13. The average Bonchev–Trinajstić information content (AvgIpc) is 2.68. The average molecular weight is 234 g/mol. The molecular weight excluding hydrogens is 216 g/mol. The number of rotatable bonds is 4. The normalized spacial score (nSPS) is 18.2. The second-order valence-electron chi connectivity index (χ2n) is 4.79. The summed E-state index contributed by atoms with van der Waals surface area (Å²) in [5.74, 6) is 2.54. The Morgan fingerprint density at radius 2 is 2.06 bits per heavy atom. The molecule has 0 amide bonds. The molecular formula is C13H18N2O2. The number of nitrogens with one attached hydrogen (secondary N) is 2. The summed E-state index contributed by atoms with van der Waals surface area (Å²) in [7, 11) is 0. The smallest absolute Gasteiger partial charge is 0.231 e. The van der Waals surface area contributed by atoms with Gasteiger partial charge in [0, 0.05) is 26.2 Å². The van der Waals surface area contributed by atoms with Crippen molar-refractivity contribution in [3.63, 3.8) is 0 Å². The fraction of sp³-hybridized carbons (Fsp3) is 0.538. The number of hydrogen-bond donors (Lipinski definition) is 2. The van der Waals surface area contributed by atoms with Gasteiger partial charge in [-0.3, -0.25) is 0 Å². The summed E-state index contributed by atoms with van der Waals surface area (Å²) in [6.45, 7) is 6.74. The molecule has 2 N–H and O–H groups in total. The van der Waals surface area contributed by atoms with Crippen LogP contribution in [0.4, 0.5) is 0 Å². The highest BCUT2D eigenvalue weighted by Gasteiger charge is 2.17. The molecule has 0 saturated carbocycles. The van der Waals surface area contributed by atoms with Crippen LogP contribution in [0.25, 0.3) is 0 Å². The SMILES string of the molecule is Cc1cc2c(cc1CNCC1CNC1)OCO2. The number of hydrogen-bond acceptors (Lipinski definition) is 4. The van der Waals surface area contributed by atoms with Gasteiger partial charge in [0.1, 0.15) is 0 Å². The van der Waals surface area contributed by atoms with Crippen molar-refractivity contribution in [3.05, 3.63) is 23.3 Å². The van der Waals surface area contributed by atoms with E-state index >= 15 is 0 Å². The summed E-state index contributed by atoms with van der Waals surface area (Å²) in [5, 5.41) is 6.78. The van der Waals surface area contributed by atoms with Gasteiger partial charge in [0.15, 0.2) is 11.5 Å². The van der Waals surface area contributed by atoms with Gasteiger partial charge >= 0.3 is 0 Å². The van der Waals surface area contributed by atoms with Crippen LogP contribution in [0.15, 0.2) is 12.1 Å². The second kappa shape index (κ2) is 4.55. The molecule has 0 radical (unpaired) electrons. The molecule has 1 aromatic rings. The summed E-state index contributed by atoms with van der Waals surface area (Å²) in [4.78, 5) is 0. The van der Waals surface area contributed by atoms with E-state index in [2.05, 4.69) is 29.7 Å². The predicted molar refractivity (Wildman–Crippen MR) is 65.4 cm³/mol. The van der Waals surface area contributed by atoms with Crippen LogP contribution >= 0.6 is 0 Å². The van der Waals surface area contributed by atoms with Gasteiger partial charge in [-0.15, -0.1) is 0 Å². The molecule has 0 aliphatic carbocycles. The Bertz CT molecular complexity index is 416. The zero-order valence-corrected chi connectivity index (χ0v) is 10.1. The lowest BCUT2D eigenvalue weighted by Gasteiger charge is -2.27. The van der Waals surface area contributed by atoms with Gasteiger partial charge < -0.3 is 20.1 Å². The summed E-state index contributed by atoms with van der Waals surface area (Å²) in [6, 6.07) is 4.15. The minimum absolute atomic E-state index is 0.347. The number of fused-ring (bicyclic) bond motifs is 1. The highest BCUT2D eigenvalue weighted by molar-refractivity contribution is 5.48. The monoisotopic (exact) mass is 234 g/mol. The van der Waals surface area contributed by atoms with Gasteiger partial charge in [-0.05, 0) is 36.1 Å². The molecule has 0 unspecified atom stereocenters. The van der Waals surface area contributed by atoms with Gasteiger partial charge in [-0.1, -0.05) is 0 Å². The summed E-state index contributed by atoms with van der Waals surface area (Å²) >= 11 is 0. The first-order valence-electron chi connectivity index (χ1n) is 6.13. The summed E-state index contributed by atoms with van der Waals surface area (Å²) in [6.07, 6.45) is 0. The molecule has 1 saturated heterocycles. The third-order valence-corrected chi connectivity index (χ3v) is 3.45. The third-order valence-electron chi connectivity index (χ3n) is 3.45. The molecule has 0 bridgehead atoms. The zero-order chi connectivity index (χ0) is 11.7. The first-order chi connectivity index (χ1) is 8.33. The summed E-state index contributed by atoms with van der Waals surface area (Å²) in [5.41, 5.74) is 2.55. The van der Waals surface area contributed by atoms with Crippen molar-refractivity contribution >= 4 is 0 Å². The Kier molecular flexibility index (Phi) is 2.91. The topological polar surface area (TPSA) is 42.5 Å². The lowest BCUT2D eigenvalue weighted by atomic mass is 10.0. The fourth-order valence-corrected chi connectivity index (χ4v) is 2.18. The Morgan fingerprint density at radius 3 is 2.76 bits per heavy atom. The molecule has 0 atom stereocenters. The molecule has 0 spiro atoms. The van der Waals surface area contributed by atoms with Crippen LogP contribution in [-0.2, 0) is 6.54 Å². The zero-order valence-electron chi connectivity index (χ0n) is 10.1. The van der Waals surface area contributed by atoms with Gasteiger partial charge in [0.05, 0.1) is 0 Å². The van der Waals surface area contributed by atoms with Crippen LogP contribution in [0, 0.1) is 12.8 Å². The fourth-order valence-electron chi connectivity index (χ4n) is 2.18. The Morgan fingerprint density at radius 1 is 1.29 bits per heavy atom. The molecule has 4 nitrogen and oxygen atoms in total. The standard InChI is InChI=1S/C13H18N2O2/c1-9-2-12-13(17-8-16-12)3-11(9)7-15-6-10-4-14-5-10/h2-3,10,14-15H,4-8H2,1H3. The number of aryl methyl sites for hydroxylation is 1. The van der Waals surface area contributed by atoms with Crippen LogP contribution < -0.4 is 20.1 Å². The minimum atomic E-state index is 0.347. The van der Waals surface area contributed by atoms with Crippen molar-refractivity contribution in [2.24, 2.45) is 5.92 Å². The molecule has 2 heterocycles. The maximum atomic E-state index is 5.39. The minimum Gasteiger partial charge on any atom is -0.454 e. The van der Waals surface area contributed by atoms with E-state index in [-0.39, 0.29) is 0 Å². The van der Waals surface area contributed by atoms with Crippen LogP contribution in [0.1, 0.15) is 11.1 Å². The number of ether oxygens (including phenoxy) is 2. The molecule has 0 aromatic heterocycles. The second-order valence-corrected chi connectivity index (χ2v) is 4.79. The first kappa shape index (κ1) is 10.9. The predicted octanol–water partition coefficient (Wildman–Crippen LogP) is 1.03. The molecule has 17 heavy (non-hydrogen) atoms. The lowest BCUT2D eigenvalue weighted by Crippen LogP contribution is -2.47. The van der Waals surface area contributed by atoms with E-state index in [1.54, 1.807) is 0 Å². The highest BCUT2D eigenvalue weighted by Crippen LogP contribution is 2.34. The lowest BCUT2D eigenvalue weighted by molar-refractivity contribution is 0.174. The third kappa shape index (κ3) is 2.23. The Hall–Kier alpha value is -1.26. The van der Waals surface area contributed by atoms with Crippen molar-refractivity contribution in [3.8, 4) is 11.5 Å². The van der Waals surface area contributed by atoms with Gasteiger partial charge in [-0.25, -0.2) is 0 Å². The van der Waals surface area contributed by atoms with E-state index in [1.165, 1.54) is 11.1 Å². The van der Waals surface area contributed by atoms with Crippen molar-refractivity contribution in [1.29, 1.82) is 0 Å². The molecule has 1 aromatic carbocycles. The molecule has 3 rings (SSSR count). The van der Waals surface area contributed by atoms with E-state index in [1.807, 2.05) is 0 Å². The number of benzene rings is 1. The Labute approximate surface area is 101 Å². The van der Waals surface area contributed by atoms with E-state index in [9.17, 15) is 0 Å². The van der Waals surface area contributed by atoms with Crippen molar-refractivity contribution < 1.29 is 9.47 Å². The van der Waals surface area contributed by atoms with Crippen LogP contribution in [0.2, 0.25) is 0 Å². The van der Waals surface area contributed by atoms with E-state index in [0.717, 1.165) is 43.6 Å². The van der Waals surface area contributed by atoms with Crippen molar-refractivity contribution in [1.82, 2.24) is 10.6 Å². The molecule has 1 fully saturated rings. The van der Waals surface area contributed by atoms with E-state index < -0.39 is 0 Å². The van der Waals surface area contributed by atoms with Gasteiger partial charge in [0.2, 0.25) is 6.79 Å². The Balaban J connectivity index is 1.61. The maximum Gasteiger partial charge on any atom is 0.231 e. The molecule has 92 valence electrons. The largest absolute Gasteiger partial charge is 0.454 e. The quantitative estimate of drug-likeness (QED) is 0.816. The highest BCUT2D eigenvalue weighted by atomic mass is 16.7. The van der Waals surface area contributed by atoms with Crippen LogP contribution in [-0.4, -0.2) is 26.4 Å². The summed E-state index contributed by atoms with van der Waals surface area (Å²) < 4.78 is 10.7. The maximum absolute atomic E-state index is 5.39. The van der Waals surface area contributed by atoms with Crippen LogP contribution in [0.5, 0.6) is 11.5 Å². The van der Waals surface area contributed by atoms with Gasteiger partial charge in [0.25, 0.3) is 0 Å². The molecule has 2 aliphatic rings. The van der Waals surface area contributed by atoms with E-state index in [4.69, 9.17) is 9.47 Å².